The van der Waals surface area contributed by atoms with Crippen molar-refractivity contribution in [2.75, 3.05) is 7.11 Å². The predicted molar refractivity (Wildman–Crippen MR) is 58.1 cm³/mol. The van der Waals surface area contributed by atoms with E-state index in [2.05, 4.69) is 6.07 Å². The number of ether oxygens (including phenoxy) is 1. The standard InChI is InChI=1S/C10H6ClNOS/c1-13-10-6(4-12)2-3-8-9(10)7(11)5-14-8/h2-3,5H,1H3. The second kappa shape index (κ2) is 3.49. The molecule has 1 heterocycles. The highest BCUT2D eigenvalue weighted by Gasteiger charge is 2.12. The summed E-state index contributed by atoms with van der Waals surface area (Å²) in [5, 5.41) is 12.2. The Labute approximate surface area is 90.3 Å². The number of halogens is 1. The van der Waals surface area contributed by atoms with Gasteiger partial charge >= 0.3 is 0 Å². The number of hydrogen-bond donors (Lipinski definition) is 0. The first-order chi connectivity index (χ1) is 6.77. The van der Waals surface area contributed by atoms with Crippen LogP contribution in [0.4, 0.5) is 0 Å². The van der Waals surface area contributed by atoms with Gasteiger partial charge in [0.15, 0.2) is 0 Å². The first-order valence-corrected chi connectivity index (χ1v) is 5.17. The van der Waals surface area contributed by atoms with Crippen molar-refractivity contribution in [2.24, 2.45) is 0 Å². The molecule has 70 valence electrons. The third kappa shape index (κ3) is 1.24. The molecule has 2 rings (SSSR count). The van der Waals surface area contributed by atoms with Crippen LogP contribution < -0.4 is 4.74 Å². The van der Waals surface area contributed by atoms with Crippen LogP contribution in [0.2, 0.25) is 5.02 Å². The second-order valence-corrected chi connectivity index (χ2v) is 4.03. The van der Waals surface area contributed by atoms with Crippen molar-refractivity contribution in [3.8, 4) is 11.8 Å². The van der Waals surface area contributed by atoms with Crippen molar-refractivity contribution < 1.29 is 4.74 Å². The summed E-state index contributed by atoms with van der Waals surface area (Å²) in [6.45, 7) is 0. The van der Waals surface area contributed by atoms with Crippen LogP contribution >= 0.6 is 22.9 Å². The molecule has 0 fully saturated rings. The van der Waals surface area contributed by atoms with Gasteiger partial charge < -0.3 is 4.74 Å². The Morgan fingerprint density at radius 2 is 2.29 bits per heavy atom. The van der Waals surface area contributed by atoms with Crippen LogP contribution in [0.5, 0.6) is 5.75 Å². The number of methoxy groups -OCH3 is 1. The maximum Gasteiger partial charge on any atom is 0.146 e. The van der Waals surface area contributed by atoms with Crippen LogP contribution in [0.15, 0.2) is 17.5 Å². The van der Waals surface area contributed by atoms with Crippen molar-refractivity contribution in [2.45, 2.75) is 0 Å². The maximum atomic E-state index is 8.87. The van der Waals surface area contributed by atoms with Gasteiger partial charge in [-0.05, 0) is 12.1 Å². The number of rotatable bonds is 1. The average Bonchev–Trinajstić information content (AvgIpc) is 2.59. The van der Waals surface area contributed by atoms with Gasteiger partial charge in [-0.1, -0.05) is 11.6 Å². The van der Waals surface area contributed by atoms with Gasteiger partial charge in [-0.25, -0.2) is 0 Å². The molecule has 0 radical (unpaired) electrons. The maximum absolute atomic E-state index is 8.87. The molecule has 0 unspecified atom stereocenters. The highest BCUT2D eigenvalue weighted by atomic mass is 35.5. The highest BCUT2D eigenvalue weighted by molar-refractivity contribution is 7.17. The van der Waals surface area contributed by atoms with Gasteiger partial charge in [0.1, 0.15) is 11.8 Å². The first kappa shape index (κ1) is 9.32. The molecule has 0 aliphatic carbocycles. The molecule has 0 spiro atoms. The molecule has 0 saturated heterocycles. The third-order valence-corrected chi connectivity index (χ3v) is 3.35. The molecular formula is C10H6ClNOS. The number of thiophene rings is 1. The van der Waals surface area contributed by atoms with Crippen molar-refractivity contribution >= 4 is 33.0 Å². The summed E-state index contributed by atoms with van der Waals surface area (Å²) >= 11 is 7.55. The topological polar surface area (TPSA) is 33.0 Å². The molecule has 0 aliphatic rings. The van der Waals surface area contributed by atoms with Crippen LogP contribution in [0.3, 0.4) is 0 Å². The highest BCUT2D eigenvalue weighted by Crippen LogP contribution is 2.38. The lowest BCUT2D eigenvalue weighted by atomic mass is 10.1. The zero-order chi connectivity index (χ0) is 10.1. The van der Waals surface area contributed by atoms with E-state index in [0.717, 1.165) is 10.1 Å². The lowest BCUT2D eigenvalue weighted by molar-refractivity contribution is 0.418. The van der Waals surface area contributed by atoms with E-state index in [9.17, 15) is 0 Å². The molecule has 0 saturated carbocycles. The molecule has 2 nitrogen and oxygen atoms in total. The Hall–Kier alpha value is -1.24. The molecule has 4 heteroatoms. The average molecular weight is 224 g/mol. The number of nitrogens with zero attached hydrogens (tertiary/aromatic N) is 1. The van der Waals surface area contributed by atoms with Gasteiger partial charge in [0.2, 0.25) is 0 Å². The molecule has 0 amide bonds. The van der Waals surface area contributed by atoms with Crippen molar-refractivity contribution in [1.82, 2.24) is 0 Å². The van der Waals surface area contributed by atoms with Gasteiger partial charge in [-0.2, -0.15) is 5.26 Å². The SMILES string of the molecule is COc1c(C#N)ccc2scc(Cl)c12. The van der Waals surface area contributed by atoms with Gasteiger partial charge in [0.25, 0.3) is 0 Å². The van der Waals surface area contributed by atoms with Gasteiger partial charge in [-0.3, -0.25) is 0 Å². The van der Waals surface area contributed by atoms with Crippen LogP contribution in [0, 0.1) is 11.3 Å². The molecule has 0 N–H and O–H groups in total. The lowest BCUT2D eigenvalue weighted by Gasteiger charge is -2.03. The van der Waals surface area contributed by atoms with Crippen molar-refractivity contribution in [1.29, 1.82) is 5.26 Å². The molecule has 1 aromatic heterocycles. The van der Waals surface area contributed by atoms with E-state index < -0.39 is 0 Å². The van der Waals surface area contributed by atoms with E-state index in [1.54, 1.807) is 24.5 Å². The Bertz CT molecular complexity index is 527. The van der Waals surface area contributed by atoms with Gasteiger partial charge in [-0.15, -0.1) is 11.3 Å². The van der Waals surface area contributed by atoms with Crippen LogP contribution in [-0.2, 0) is 0 Å². The monoisotopic (exact) mass is 223 g/mol. The van der Waals surface area contributed by atoms with Gasteiger partial charge in [0, 0.05) is 10.1 Å². The Kier molecular flexibility index (Phi) is 2.32. The molecular weight excluding hydrogens is 218 g/mol. The molecule has 0 bridgehead atoms. The van der Waals surface area contributed by atoms with E-state index in [1.165, 1.54) is 0 Å². The lowest BCUT2D eigenvalue weighted by Crippen LogP contribution is -1.87. The number of hydrogen-bond acceptors (Lipinski definition) is 3. The predicted octanol–water partition coefficient (Wildman–Crippen LogP) is 3.43. The molecule has 0 aliphatic heterocycles. The summed E-state index contributed by atoms with van der Waals surface area (Å²) < 4.78 is 6.22. The Morgan fingerprint density at radius 3 is 2.93 bits per heavy atom. The largest absolute Gasteiger partial charge is 0.495 e. The van der Waals surface area contributed by atoms with Crippen LogP contribution in [0.1, 0.15) is 5.56 Å². The zero-order valence-electron chi connectivity index (χ0n) is 7.37. The molecule has 2 aromatic rings. The summed E-state index contributed by atoms with van der Waals surface area (Å²) in [5.41, 5.74) is 0.514. The molecule has 1 aromatic carbocycles. The van der Waals surface area contributed by atoms with Gasteiger partial charge in [0.05, 0.1) is 23.1 Å². The third-order valence-electron chi connectivity index (χ3n) is 1.97. The summed E-state index contributed by atoms with van der Waals surface area (Å²) in [5.74, 6) is 0.566. The Morgan fingerprint density at radius 1 is 1.50 bits per heavy atom. The minimum Gasteiger partial charge on any atom is -0.495 e. The summed E-state index contributed by atoms with van der Waals surface area (Å²) in [6, 6.07) is 5.70. The molecule has 0 atom stereocenters. The summed E-state index contributed by atoms with van der Waals surface area (Å²) in [6.07, 6.45) is 0. The minimum atomic E-state index is 0.514. The Balaban J connectivity index is 2.89. The number of fused-ring (bicyclic) bond motifs is 1. The normalized spacial score (nSPS) is 10.1. The minimum absolute atomic E-state index is 0.514. The fourth-order valence-corrected chi connectivity index (χ4v) is 2.56. The fourth-order valence-electron chi connectivity index (χ4n) is 1.36. The van der Waals surface area contributed by atoms with Crippen LogP contribution in [-0.4, -0.2) is 7.11 Å². The quantitative estimate of drug-likeness (QED) is 0.742. The van der Waals surface area contributed by atoms with E-state index in [4.69, 9.17) is 21.6 Å². The second-order valence-electron chi connectivity index (χ2n) is 2.71. The first-order valence-electron chi connectivity index (χ1n) is 3.91. The zero-order valence-corrected chi connectivity index (χ0v) is 8.95. The van der Waals surface area contributed by atoms with E-state index >= 15 is 0 Å². The van der Waals surface area contributed by atoms with E-state index in [0.29, 0.717) is 16.3 Å². The smallest absolute Gasteiger partial charge is 0.146 e. The number of nitriles is 1. The van der Waals surface area contributed by atoms with Crippen molar-refractivity contribution in [3.05, 3.63) is 28.1 Å². The summed E-state index contributed by atoms with van der Waals surface area (Å²) in [7, 11) is 1.55. The van der Waals surface area contributed by atoms with Crippen LogP contribution in [0.25, 0.3) is 10.1 Å². The number of benzene rings is 1. The van der Waals surface area contributed by atoms with E-state index in [-0.39, 0.29) is 0 Å². The fraction of sp³-hybridized carbons (Fsp3) is 0.100. The van der Waals surface area contributed by atoms with E-state index in [1.807, 2.05) is 11.4 Å². The molecule has 14 heavy (non-hydrogen) atoms. The summed E-state index contributed by atoms with van der Waals surface area (Å²) in [4.78, 5) is 0. The van der Waals surface area contributed by atoms with Crippen molar-refractivity contribution in [3.63, 3.8) is 0 Å².